The number of hydrogen-bond donors (Lipinski definition) is 1. The van der Waals surface area contributed by atoms with Crippen molar-refractivity contribution >= 4 is 10.0 Å². The molecule has 0 amide bonds. The van der Waals surface area contributed by atoms with E-state index in [0.29, 0.717) is 12.8 Å². The van der Waals surface area contributed by atoms with Crippen LogP contribution in [-0.2, 0) is 10.0 Å². The average molecular weight is 289 g/mol. The van der Waals surface area contributed by atoms with E-state index < -0.39 is 15.8 Å². The largest absolute Gasteiger partial charge is 0.329 e. The summed E-state index contributed by atoms with van der Waals surface area (Å²) < 4.78 is 39.5. The van der Waals surface area contributed by atoms with Crippen LogP contribution in [0.2, 0.25) is 0 Å². The molecule has 0 atom stereocenters. The summed E-state index contributed by atoms with van der Waals surface area (Å²) in [7, 11) is -3.76. The van der Waals surface area contributed by atoms with Crippen molar-refractivity contribution in [1.29, 1.82) is 0 Å². The summed E-state index contributed by atoms with van der Waals surface area (Å²) in [4.78, 5) is 3.46. The van der Waals surface area contributed by atoms with Crippen molar-refractivity contribution < 1.29 is 12.8 Å². The third kappa shape index (κ3) is 3.71. The quantitative estimate of drug-likeness (QED) is 0.822. The molecule has 0 fully saturated rings. The fraction of sp³-hybridized carbons (Fsp3) is 0.583. The second-order valence-corrected chi connectivity index (χ2v) is 6.10. The lowest BCUT2D eigenvalue weighted by Gasteiger charge is -2.29. The number of aromatic nitrogens is 1. The van der Waals surface area contributed by atoms with E-state index in [2.05, 4.69) is 4.98 Å². The first-order valence-electron chi connectivity index (χ1n) is 6.29. The number of hydrogen-bond acceptors (Lipinski definition) is 4. The van der Waals surface area contributed by atoms with Gasteiger partial charge in [-0.3, -0.25) is 4.98 Å². The van der Waals surface area contributed by atoms with Crippen molar-refractivity contribution in [3.63, 3.8) is 0 Å². The molecular weight excluding hydrogens is 269 g/mol. The number of pyridine rings is 1. The third-order valence-corrected chi connectivity index (χ3v) is 4.90. The summed E-state index contributed by atoms with van der Waals surface area (Å²) >= 11 is 0. The van der Waals surface area contributed by atoms with Gasteiger partial charge in [-0.05, 0) is 18.9 Å². The van der Waals surface area contributed by atoms with Crippen LogP contribution in [-0.4, -0.2) is 36.8 Å². The SMILES string of the molecule is CCC(CC)N(CCN)S(=O)(=O)c1cncc(F)c1. The summed E-state index contributed by atoms with van der Waals surface area (Å²) in [5.41, 5.74) is 5.49. The number of nitrogens with zero attached hydrogens (tertiary/aromatic N) is 2. The van der Waals surface area contributed by atoms with Gasteiger partial charge < -0.3 is 5.73 Å². The van der Waals surface area contributed by atoms with Gasteiger partial charge in [0.15, 0.2) is 0 Å². The van der Waals surface area contributed by atoms with E-state index >= 15 is 0 Å². The molecule has 5 nitrogen and oxygen atoms in total. The van der Waals surface area contributed by atoms with E-state index in [0.717, 1.165) is 18.5 Å². The van der Waals surface area contributed by atoms with Crippen LogP contribution in [0.15, 0.2) is 23.4 Å². The van der Waals surface area contributed by atoms with Gasteiger partial charge in [0.2, 0.25) is 10.0 Å². The maximum Gasteiger partial charge on any atom is 0.245 e. The van der Waals surface area contributed by atoms with Crippen LogP contribution >= 0.6 is 0 Å². The highest BCUT2D eigenvalue weighted by Gasteiger charge is 2.29. The van der Waals surface area contributed by atoms with Gasteiger partial charge in [-0.15, -0.1) is 0 Å². The van der Waals surface area contributed by atoms with Gasteiger partial charge >= 0.3 is 0 Å². The van der Waals surface area contributed by atoms with Crippen LogP contribution in [0.5, 0.6) is 0 Å². The van der Waals surface area contributed by atoms with E-state index in [1.54, 1.807) is 0 Å². The molecule has 0 radical (unpaired) electrons. The summed E-state index contributed by atoms with van der Waals surface area (Å²) in [6.45, 7) is 4.26. The smallest absolute Gasteiger partial charge is 0.245 e. The fourth-order valence-corrected chi connectivity index (χ4v) is 3.75. The van der Waals surface area contributed by atoms with Crippen molar-refractivity contribution in [3.05, 3.63) is 24.3 Å². The van der Waals surface area contributed by atoms with Crippen molar-refractivity contribution in [2.75, 3.05) is 13.1 Å². The molecule has 19 heavy (non-hydrogen) atoms. The minimum Gasteiger partial charge on any atom is -0.329 e. The monoisotopic (exact) mass is 289 g/mol. The molecule has 1 heterocycles. The Balaban J connectivity index is 3.19. The van der Waals surface area contributed by atoms with Crippen LogP contribution < -0.4 is 5.73 Å². The highest BCUT2D eigenvalue weighted by molar-refractivity contribution is 7.89. The maximum atomic E-state index is 13.1. The lowest BCUT2D eigenvalue weighted by Crippen LogP contribution is -2.42. The van der Waals surface area contributed by atoms with E-state index in [1.165, 1.54) is 4.31 Å². The average Bonchev–Trinajstić information content (AvgIpc) is 2.39. The molecule has 7 heteroatoms. The number of sulfonamides is 1. The van der Waals surface area contributed by atoms with Crippen LogP contribution in [0.1, 0.15) is 26.7 Å². The fourth-order valence-electron chi connectivity index (χ4n) is 1.99. The van der Waals surface area contributed by atoms with Crippen molar-refractivity contribution in [1.82, 2.24) is 9.29 Å². The minimum atomic E-state index is -3.76. The van der Waals surface area contributed by atoms with E-state index in [9.17, 15) is 12.8 Å². The molecule has 0 aliphatic heterocycles. The summed E-state index contributed by atoms with van der Waals surface area (Å²) in [6, 6.07) is 0.839. The lowest BCUT2D eigenvalue weighted by atomic mass is 10.2. The molecule has 0 spiro atoms. The summed E-state index contributed by atoms with van der Waals surface area (Å²) in [5, 5.41) is 0. The van der Waals surface area contributed by atoms with Gasteiger partial charge in [-0.25, -0.2) is 12.8 Å². The maximum absolute atomic E-state index is 13.1. The normalized spacial score (nSPS) is 12.3. The summed E-state index contributed by atoms with van der Waals surface area (Å²) in [5.74, 6) is -0.668. The molecule has 0 aliphatic carbocycles. The second kappa shape index (κ2) is 6.93. The standard InChI is InChI=1S/C12H20FN3O2S/c1-3-11(4-2)16(6-5-14)19(17,18)12-7-10(13)8-15-9-12/h7-9,11H,3-6,14H2,1-2H3. The van der Waals surface area contributed by atoms with Gasteiger partial charge in [0.25, 0.3) is 0 Å². The van der Waals surface area contributed by atoms with Gasteiger partial charge in [-0.1, -0.05) is 13.8 Å². The Morgan fingerprint density at radius 1 is 1.37 bits per heavy atom. The van der Waals surface area contributed by atoms with E-state index in [4.69, 9.17) is 5.73 Å². The Morgan fingerprint density at radius 2 is 2.00 bits per heavy atom. The molecule has 1 aromatic heterocycles. The zero-order valence-corrected chi connectivity index (χ0v) is 12.0. The second-order valence-electron chi connectivity index (χ2n) is 4.21. The Kier molecular flexibility index (Phi) is 5.84. The van der Waals surface area contributed by atoms with Gasteiger partial charge in [0, 0.05) is 25.3 Å². The molecule has 0 aromatic carbocycles. The first kappa shape index (κ1) is 16.0. The zero-order chi connectivity index (χ0) is 14.5. The zero-order valence-electron chi connectivity index (χ0n) is 11.2. The molecule has 1 aromatic rings. The van der Waals surface area contributed by atoms with E-state index in [-0.39, 0.29) is 24.0 Å². The molecule has 0 aliphatic rings. The van der Waals surface area contributed by atoms with Gasteiger partial charge in [0.05, 0.1) is 6.20 Å². The molecule has 1 rings (SSSR count). The minimum absolute atomic E-state index is 0.132. The van der Waals surface area contributed by atoms with Crippen LogP contribution in [0.25, 0.3) is 0 Å². The van der Waals surface area contributed by atoms with Crippen molar-refractivity contribution in [3.8, 4) is 0 Å². The molecule has 108 valence electrons. The Labute approximate surface area is 113 Å². The first-order chi connectivity index (χ1) is 8.97. The molecule has 0 saturated heterocycles. The van der Waals surface area contributed by atoms with Crippen molar-refractivity contribution in [2.45, 2.75) is 37.6 Å². The molecule has 0 bridgehead atoms. The predicted molar refractivity (Wildman–Crippen MR) is 71.5 cm³/mol. The number of nitrogens with two attached hydrogens (primary N) is 1. The van der Waals surface area contributed by atoms with Crippen LogP contribution in [0.4, 0.5) is 4.39 Å². The van der Waals surface area contributed by atoms with Gasteiger partial charge in [0.1, 0.15) is 10.7 Å². The Morgan fingerprint density at radius 3 is 2.47 bits per heavy atom. The lowest BCUT2D eigenvalue weighted by molar-refractivity contribution is 0.309. The van der Waals surface area contributed by atoms with E-state index in [1.807, 2.05) is 13.8 Å². The Hall–Kier alpha value is -1.05. The molecular formula is C12H20FN3O2S. The number of halogens is 1. The third-order valence-electron chi connectivity index (χ3n) is 2.99. The van der Waals surface area contributed by atoms with Crippen molar-refractivity contribution in [2.24, 2.45) is 5.73 Å². The van der Waals surface area contributed by atoms with Crippen LogP contribution in [0, 0.1) is 5.82 Å². The highest BCUT2D eigenvalue weighted by atomic mass is 32.2. The van der Waals surface area contributed by atoms with Gasteiger partial charge in [-0.2, -0.15) is 4.31 Å². The number of rotatable bonds is 7. The molecule has 0 saturated carbocycles. The topological polar surface area (TPSA) is 76.3 Å². The molecule has 2 N–H and O–H groups in total. The highest BCUT2D eigenvalue weighted by Crippen LogP contribution is 2.20. The predicted octanol–water partition coefficient (Wildman–Crippen LogP) is 1.36. The Bertz CT molecular complexity index is 503. The van der Waals surface area contributed by atoms with Crippen LogP contribution in [0.3, 0.4) is 0 Å². The molecule has 0 unspecified atom stereocenters. The first-order valence-corrected chi connectivity index (χ1v) is 7.73. The summed E-state index contributed by atoms with van der Waals surface area (Å²) in [6.07, 6.45) is 3.49.